The largest absolute Gasteiger partial charge is 0.490 e. The lowest BCUT2D eigenvalue weighted by Crippen LogP contribution is -2.26. The van der Waals surface area contributed by atoms with Crippen LogP contribution >= 0.6 is 23.5 Å². The van der Waals surface area contributed by atoms with Crippen LogP contribution in [-0.2, 0) is 31.6 Å². The van der Waals surface area contributed by atoms with Crippen molar-refractivity contribution in [1.29, 1.82) is 0 Å². The first-order valence-corrected chi connectivity index (χ1v) is 15.4. The van der Waals surface area contributed by atoms with Crippen LogP contribution in [0.1, 0.15) is 43.9 Å². The van der Waals surface area contributed by atoms with Gasteiger partial charge in [0.05, 0.1) is 23.7 Å². The van der Waals surface area contributed by atoms with Crippen LogP contribution in [0.4, 0.5) is 5.82 Å². The molecule has 0 amide bonds. The Hall–Kier alpha value is -2.13. The molecule has 0 saturated carbocycles. The minimum absolute atomic E-state index is 0.0168. The Bertz CT molecular complexity index is 1410. The topological polar surface area (TPSA) is 246 Å². The predicted octanol–water partition coefficient (Wildman–Crippen LogP) is 1.55. The number of fused-ring (bicyclic) bond motifs is 1. The van der Waals surface area contributed by atoms with Gasteiger partial charge in [-0.25, -0.2) is 23.7 Å². The fourth-order valence-electron chi connectivity index (χ4n) is 3.53. The minimum atomic E-state index is -5.68. The smallest absolute Gasteiger partial charge is 0.390 e. The standard InChI is InChI=1S/C19H25N4O12P3/c1-2-3-4-5-6-7-8-13-10-23(19-17(13)18(20)21-12-22-19)16-9-14(24)15(33-16)11-32-37(28,29)35-38(30,31)34-36(25,26)27/h1,10,12,14-16,24H,3-6,9,11H2,(H,28,29)(H,30,31)(H2,20,21,22)(H2,25,26,27)/t14-,15+,16+/m0/s1. The van der Waals surface area contributed by atoms with Crippen molar-refractivity contribution >= 4 is 40.3 Å². The molecule has 1 aliphatic heterocycles. The van der Waals surface area contributed by atoms with E-state index in [2.05, 4.69) is 40.9 Å². The molecule has 38 heavy (non-hydrogen) atoms. The third-order valence-corrected chi connectivity index (χ3v) is 8.87. The minimum Gasteiger partial charge on any atom is -0.390 e. The quantitative estimate of drug-likeness (QED) is 0.123. The number of aromatic nitrogens is 3. The highest BCUT2D eigenvalue weighted by atomic mass is 31.3. The monoisotopic (exact) mass is 594 g/mol. The molecule has 16 nitrogen and oxygen atoms in total. The molecule has 7 N–H and O–H groups in total. The second-order valence-electron chi connectivity index (χ2n) is 7.94. The zero-order valence-corrected chi connectivity index (χ0v) is 22.2. The van der Waals surface area contributed by atoms with Crippen molar-refractivity contribution in [3.63, 3.8) is 0 Å². The Morgan fingerprint density at radius 1 is 1.13 bits per heavy atom. The number of nitrogen functional groups attached to an aromatic ring is 1. The highest BCUT2D eigenvalue weighted by Crippen LogP contribution is 2.66. The summed E-state index contributed by atoms with van der Waals surface area (Å²) in [6.07, 6.45) is 7.71. The first-order valence-electron chi connectivity index (χ1n) is 10.9. The normalized spacial score (nSPS) is 22.8. The van der Waals surface area contributed by atoms with E-state index in [1.54, 1.807) is 10.8 Å². The zero-order chi connectivity index (χ0) is 28.1. The van der Waals surface area contributed by atoms with Crippen molar-refractivity contribution in [2.75, 3.05) is 12.3 Å². The Balaban J connectivity index is 1.72. The lowest BCUT2D eigenvalue weighted by atomic mass is 10.2. The van der Waals surface area contributed by atoms with Gasteiger partial charge in [-0.15, -0.1) is 12.3 Å². The van der Waals surface area contributed by atoms with Gasteiger partial charge in [0.1, 0.15) is 30.1 Å². The van der Waals surface area contributed by atoms with E-state index in [0.717, 1.165) is 12.8 Å². The van der Waals surface area contributed by atoms with Crippen molar-refractivity contribution in [2.45, 2.75) is 50.5 Å². The number of ether oxygens (including phenoxy) is 1. The second kappa shape index (κ2) is 12.4. The molecule has 19 heteroatoms. The van der Waals surface area contributed by atoms with E-state index < -0.39 is 48.5 Å². The number of terminal acetylenes is 1. The molecule has 1 saturated heterocycles. The fourth-order valence-corrected chi connectivity index (χ4v) is 6.56. The highest BCUT2D eigenvalue weighted by molar-refractivity contribution is 7.66. The van der Waals surface area contributed by atoms with Crippen LogP contribution in [0, 0.1) is 24.2 Å². The SMILES string of the molecule is C#CCCCCC#Cc1cn([C@H]2C[C@H](O)[C@@H](COP(=O)(O)OP(=O)(O)OP(=O)(O)O)O2)c2ncnc(N)c12. The molecule has 2 aromatic rings. The van der Waals surface area contributed by atoms with Gasteiger partial charge in [-0.1, -0.05) is 11.8 Å². The van der Waals surface area contributed by atoms with Gasteiger partial charge in [0.15, 0.2) is 0 Å². The second-order valence-corrected chi connectivity index (χ2v) is 12.4. The summed E-state index contributed by atoms with van der Waals surface area (Å²) in [5.74, 6) is 8.80. The van der Waals surface area contributed by atoms with Gasteiger partial charge < -0.3 is 39.7 Å². The molecule has 3 rings (SSSR count). The van der Waals surface area contributed by atoms with E-state index in [0.29, 0.717) is 29.4 Å². The van der Waals surface area contributed by atoms with Crippen molar-refractivity contribution in [2.24, 2.45) is 0 Å². The molecular weight excluding hydrogens is 569 g/mol. The number of aliphatic hydroxyl groups excluding tert-OH is 1. The molecule has 0 aliphatic carbocycles. The van der Waals surface area contributed by atoms with Crippen molar-refractivity contribution < 1.29 is 56.3 Å². The van der Waals surface area contributed by atoms with Crippen molar-refractivity contribution in [1.82, 2.24) is 14.5 Å². The Morgan fingerprint density at radius 2 is 1.84 bits per heavy atom. The molecule has 0 spiro atoms. The van der Waals surface area contributed by atoms with E-state index in [1.807, 2.05) is 0 Å². The first kappa shape index (κ1) is 30.4. The summed E-state index contributed by atoms with van der Waals surface area (Å²) in [5, 5.41) is 10.9. The summed E-state index contributed by atoms with van der Waals surface area (Å²) < 4.78 is 53.4. The van der Waals surface area contributed by atoms with Crippen LogP contribution in [0.3, 0.4) is 0 Å². The summed E-state index contributed by atoms with van der Waals surface area (Å²) in [5.41, 5.74) is 6.92. The molecule has 1 fully saturated rings. The number of nitrogens with two attached hydrogens (primary N) is 1. The average molecular weight is 594 g/mol. The Labute approximate surface area is 216 Å². The number of nitrogens with zero attached hydrogens (tertiary/aromatic N) is 3. The van der Waals surface area contributed by atoms with Gasteiger partial charge in [0.25, 0.3) is 0 Å². The van der Waals surface area contributed by atoms with Crippen LogP contribution < -0.4 is 5.73 Å². The van der Waals surface area contributed by atoms with Gasteiger partial charge in [-0.05, 0) is 12.8 Å². The molecule has 2 unspecified atom stereocenters. The maximum atomic E-state index is 12.0. The summed E-state index contributed by atoms with van der Waals surface area (Å²) in [4.78, 5) is 44.3. The van der Waals surface area contributed by atoms with Crippen LogP contribution in [0.15, 0.2) is 12.5 Å². The number of rotatable bonds is 11. The van der Waals surface area contributed by atoms with Crippen molar-refractivity contribution in [3.8, 4) is 24.2 Å². The number of hydrogen-bond acceptors (Lipinski definition) is 11. The van der Waals surface area contributed by atoms with E-state index >= 15 is 0 Å². The van der Waals surface area contributed by atoms with E-state index in [-0.39, 0.29) is 12.2 Å². The highest BCUT2D eigenvalue weighted by Gasteiger charge is 2.43. The molecule has 0 radical (unpaired) electrons. The molecule has 3 heterocycles. The summed E-state index contributed by atoms with van der Waals surface area (Å²) >= 11 is 0. The van der Waals surface area contributed by atoms with E-state index in [9.17, 15) is 28.6 Å². The lowest BCUT2D eigenvalue weighted by molar-refractivity contribution is -0.0421. The van der Waals surface area contributed by atoms with Gasteiger partial charge in [0.2, 0.25) is 0 Å². The number of unbranched alkanes of at least 4 members (excludes halogenated alkanes) is 3. The maximum absolute atomic E-state index is 12.0. The fraction of sp³-hybridized carbons (Fsp3) is 0.474. The molecule has 0 bridgehead atoms. The van der Waals surface area contributed by atoms with E-state index in [4.69, 9.17) is 26.7 Å². The molecular formula is C19H25N4O12P3. The summed E-state index contributed by atoms with van der Waals surface area (Å²) in [7, 11) is -16.6. The zero-order valence-electron chi connectivity index (χ0n) is 19.6. The predicted molar refractivity (Wildman–Crippen MR) is 130 cm³/mol. The van der Waals surface area contributed by atoms with Crippen LogP contribution in [0.25, 0.3) is 11.0 Å². The van der Waals surface area contributed by atoms with E-state index in [1.165, 1.54) is 6.33 Å². The molecule has 1 aliphatic rings. The van der Waals surface area contributed by atoms with Crippen LogP contribution in [0.5, 0.6) is 0 Å². The molecule has 208 valence electrons. The number of anilines is 1. The summed E-state index contributed by atoms with van der Waals surface area (Å²) in [6.45, 7) is -0.804. The molecule has 2 aromatic heterocycles. The van der Waals surface area contributed by atoms with Crippen LogP contribution in [-0.4, -0.2) is 58.0 Å². The molecule has 0 aromatic carbocycles. The number of phosphoric ester groups is 1. The molecule has 5 atom stereocenters. The Kier molecular flexibility index (Phi) is 9.90. The van der Waals surface area contributed by atoms with Gasteiger partial charge in [-0.3, -0.25) is 4.52 Å². The van der Waals surface area contributed by atoms with Gasteiger partial charge >= 0.3 is 23.5 Å². The first-order chi connectivity index (χ1) is 17.7. The number of aliphatic hydroxyl groups is 1. The van der Waals surface area contributed by atoms with Crippen molar-refractivity contribution in [3.05, 3.63) is 18.1 Å². The van der Waals surface area contributed by atoms with Gasteiger partial charge in [-0.2, -0.15) is 8.62 Å². The average Bonchev–Trinajstić information content (AvgIpc) is 3.33. The summed E-state index contributed by atoms with van der Waals surface area (Å²) in [6, 6.07) is 0. The third-order valence-electron chi connectivity index (χ3n) is 5.07. The number of phosphoric acid groups is 3. The Morgan fingerprint density at radius 3 is 2.53 bits per heavy atom. The van der Waals surface area contributed by atoms with Crippen LogP contribution in [0.2, 0.25) is 0 Å². The maximum Gasteiger partial charge on any atom is 0.490 e. The third kappa shape index (κ3) is 8.43. The number of hydrogen-bond donors (Lipinski definition) is 6. The van der Waals surface area contributed by atoms with Gasteiger partial charge in [0, 0.05) is 25.5 Å². The lowest BCUT2D eigenvalue weighted by Gasteiger charge is -2.19.